The number of fused-ring (bicyclic) bond motifs is 1. The largest absolute Gasteiger partial charge is 0.0807 e. The van der Waals surface area contributed by atoms with Gasteiger partial charge in [0, 0.05) is 5.41 Å². The molecule has 0 heteroatoms. The molecule has 15 heavy (non-hydrogen) atoms. The van der Waals surface area contributed by atoms with Crippen molar-refractivity contribution in [3.63, 3.8) is 0 Å². The Balaban J connectivity index is 1.66. The Bertz CT molecular complexity index is 366. The van der Waals surface area contributed by atoms with Gasteiger partial charge in [0.1, 0.15) is 0 Å². The average Bonchev–Trinajstić information content (AvgIpc) is 2.58. The number of hydrogen-bond acceptors (Lipinski definition) is 0. The zero-order chi connectivity index (χ0) is 10.4. The normalized spacial score (nSPS) is 62.5. The van der Waals surface area contributed by atoms with Crippen molar-refractivity contribution < 1.29 is 0 Å². The van der Waals surface area contributed by atoms with Gasteiger partial charge in [-0.2, -0.15) is 0 Å². The summed E-state index contributed by atoms with van der Waals surface area (Å²) in [5.41, 5.74) is 3.49. The molecular formula is C15H22. The van der Waals surface area contributed by atoms with E-state index in [1.807, 2.05) is 5.57 Å². The van der Waals surface area contributed by atoms with Gasteiger partial charge in [-0.3, -0.25) is 0 Å². The smallest absolute Gasteiger partial charge is 0.00170 e. The van der Waals surface area contributed by atoms with Crippen LogP contribution in [-0.2, 0) is 0 Å². The van der Waals surface area contributed by atoms with Crippen molar-refractivity contribution in [1.29, 1.82) is 0 Å². The molecule has 1 spiro atoms. The molecule has 0 aromatic carbocycles. The van der Waals surface area contributed by atoms with E-state index in [1.54, 1.807) is 6.42 Å². The van der Waals surface area contributed by atoms with Crippen LogP contribution in [0.25, 0.3) is 0 Å². The van der Waals surface area contributed by atoms with Crippen LogP contribution in [-0.4, -0.2) is 0 Å². The molecule has 4 rings (SSSR count). The molecular weight excluding hydrogens is 180 g/mol. The fourth-order valence-electron chi connectivity index (χ4n) is 5.93. The first kappa shape index (κ1) is 8.84. The van der Waals surface area contributed by atoms with E-state index < -0.39 is 0 Å². The van der Waals surface area contributed by atoms with Crippen LogP contribution in [0.4, 0.5) is 0 Å². The van der Waals surface area contributed by atoms with E-state index in [0.717, 1.165) is 34.5 Å². The lowest BCUT2D eigenvalue weighted by Crippen LogP contribution is -2.51. The molecule has 0 radical (unpaired) electrons. The summed E-state index contributed by atoms with van der Waals surface area (Å²) in [6, 6.07) is 0. The summed E-state index contributed by atoms with van der Waals surface area (Å²) in [4.78, 5) is 0. The zero-order valence-electron chi connectivity index (χ0n) is 10.2. The minimum absolute atomic E-state index is 0.762. The predicted octanol–water partition coefficient (Wildman–Crippen LogP) is 4.02. The summed E-state index contributed by atoms with van der Waals surface area (Å²) in [5.74, 6) is 4.18. The van der Waals surface area contributed by atoms with E-state index in [4.69, 9.17) is 0 Å². The van der Waals surface area contributed by atoms with Crippen LogP contribution in [0.1, 0.15) is 46.5 Å². The summed E-state index contributed by atoms with van der Waals surface area (Å²) >= 11 is 0. The monoisotopic (exact) mass is 202 g/mol. The van der Waals surface area contributed by atoms with Crippen molar-refractivity contribution in [3.05, 3.63) is 11.6 Å². The second-order valence-electron chi connectivity index (χ2n) is 6.89. The summed E-state index contributed by atoms with van der Waals surface area (Å²) in [5, 5.41) is 0. The molecule has 0 aromatic heterocycles. The van der Waals surface area contributed by atoms with Crippen molar-refractivity contribution in [2.24, 2.45) is 34.5 Å². The van der Waals surface area contributed by atoms with Gasteiger partial charge in [-0.25, -0.2) is 0 Å². The third-order valence-corrected chi connectivity index (χ3v) is 6.43. The van der Waals surface area contributed by atoms with Crippen molar-refractivity contribution in [2.45, 2.75) is 46.5 Å². The molecule has 0 aromatic rings. The standard InChI is InChI=1S/C15H22/c1-4-5-6-10-11-7-9(2)15(11)8-14(3)12(10)13(14)15/h7,9-10,12-13H,4-6,8H2,1-3H3. The lowest BCUT2D eigenvalue weighted by molar-refractivity contribution is 0.0146. The molecule has 6 unspecified atom stereocenters. The van der Waals surface area contributed by atoms with Gasteiger partial charge >= 0.3 is 0 Å². The Morgan fingerprint density at radius 1 is 1.47 bits per heavy atom. The van der Waals surface area contributed by atoms with E-state index in [-0.39, 0.29) is 0 Å². The molecule has 0 amide bonds. The van der Waals surface area contributed by atoms with Crippen LogP contribution in [0.2, 0.25) is 0 Å². The zero-order valence-corrected chi connectivity index (χ0v) is 10.2. The highest BCUT2D eigenvalue weighted by atomic mass is 14.9. The van der Waals surface area contributed by atoms with E-state index >= 15 is 0 Å². The van der Waals surface area contributed by atoms with Gasteiger partial charge in [-0.15, -0.1) is 0 Å². The van der Waals surface area contributed by atoms with Crippen molar-refractivity contribution in [3.8, 4) is 0 Å². The molecule has 0 heterocycles. The highest BCUT2D eigenvalue weighted by Crippen LogP contribution is 2.94. The third kappa shape index (κ3) is 0.656. The minimum atomic E-state index is 0.762. The molecule has 0 N–H and O–H groups in total. The Morgan fingerprint density at radius 2 is 2.27 bits per heavy atom. The van der Waals surface area contributed by atoms with Crippen molar-refractivity contribution >= 4 is 0 Å². The third-order valence-electron chi connectivity index (χ3n) is 6.43. The molecule has 4 aliphatic carbocycles. The van der Waals surface area contributed by atoms with Gasteiger partial charge in [0.05, 0.1) is 0 Å². The van der Waals surface area contributed by atoms with Crippen LogP contribution < -0.4 is 0 Å². The fraction of sp³-hybridized carbons (Fsp3) is 0.867. The molecule has 0 aliphatic heterocycles. The molecule has 3 saturated carbocycles. The Labute approximate surface area is 93.1 Å². The average molecular weight is 202 g/mol. The van der Waals surface area contributed by atoms with Gasteiger partial charge in [0.2, 0.25) is 0 Å². The number of hydrogen-bond donors (Lipinski definition) is 0. The summed E-state index contributed by atoms with van der Waals surface area (Å²) in [7, 11) is 0. The first-order valence-corrected chi connectivity index (χ1v) is 6.88. The maximum absolute atomic E-state index is 2.62. The molecule has 0 bridgehead atoms. The second kappa shape index (κ2) is 2.21. The second-order valence-corrected chi connectivity index (χ2v) is 6.89. The SMILES string of the molecule is CCCCC1C2=CC(C)C23CC2(C)C1C23. The summed E-state index contributed by atoms with van der Waals surface area (Å²) < 4.78 is 0. The lowest BCUT2D eigenvalue weighted by Gasteiger charge is -2.58. The Kier molecular flexibility index (Phi) is 1.30. The predicted molar refractivity (Wildman–Crippen MR) is 62.4 cm³/mol. The maximum Gasteiger partial charge on any atom is 0.00170 e. The van der Waals surface area contributed by atoms with Crippen molar-refractivity contribution in [2.75, 3.05) is 0 Å². The highest BCUT2D eigenvalue weighted by Gasteiger charge is 2.88. The highest BCUT2D eigenvalue weighted by molar-refractivity contribution is 5.52. The summed E-state index contributed by atoms with van der Waals surface area (Å²) in [6.45, 7) is 7.35. The molecule has 0 saturated heterocycles. The van der Waals surface area contributed by atoms with Crippen LogP contribution >= 0.6 is 0 Å². The van der Waals surface area contributed by atoms with E-state index in [2.05, 4.69) is 26.8 Å². The molecule has 0 nitrogen and oxygen atoms in total. The molecule has 82 valence electrons. The van der Waals surface area contributed by atoms with Crippen LogP contribution in [0.5, 0.6) is 0 Å². The van der Waals surface area contributed by atoms with Gasteiger partial charge in [0.15, 0.2) is 0 Å². The van der Waals surface area contributed by atoms with Crippen LogP contribution in [0.3, 0.4) is 0 Å². The topological polar surface area (TPSA) is 0 Å². The quantitative estimate of drug-likeness (QED) is 0.606. The fourth-order valence-corrected chi connectivity index (χ4v) is 5.93. The van der Waals surface area contributed by atoms with Gasteiger partial charge < -0.3 is 0 Å². The molecule has 6 atom stereocenters. The van der Waals surface area contributed by atoms with E-state index in [0.29, 0.717) is 0 Å². The maximum atomic E-state index is 2.62. The minimum Gasteiger partial charge on any atom is -0.0807 e. The van der Waals surface area contributed by atoms with Gasteiger partial charge in [0.25, 0.3) is 0 Å². The first-order valence-electron chi connectivity index (χ1n) is 6.88. The van der Waals surface area contributed by atoms with Gasteiger partial charge in [-0.05, 0) is 41.9 Å². The van der Waals surface area contributed by atoms with Crippen molar-refractivity contribution in [1.82, 2.24) is 0 Å². The molecule has 4 aliphatic rings. The Hall–Kier alpha value is -0.260. The molecule has 3 fully saturated rings. The Morgan fingerprint density at radius 3 is 2.87 bits per heavy atom. The lowest BCUT2D eigenvalue weighted by atomic mass is 9.45. The van der Waals surface area contributed by atoms with Crippen LogP contribution in [0, 0.1) is 34.5 Å². The van der Waals surface area contributed by atoms with Gasteiger partial charge in [-0.1, -0.05) is 45.3 Å². The first-order chi connectivity index (χ1) is 7.16. The van der Waals surface area contributed by atoms with E-state index in [1.165, 1.54) is 19.3 Å². The summed E-state index contributed by atoms with van der Waals surface area (Å²) in [6.07, 6.45) is 8.48. The van der Waals surface area contributed by atoms with E-state index in [9.17, 15) is 0 Å². The van der Waals surface area contributed by atoms with Crippen LogP contribution in [0.15, 0.2) is 11.6 Å². The number of unbranched alkanes of at least 4 members (excludes halogenated alkanes) is 1. The number of rotatable bonds is 3. The number of allylic oxidation sites excluding steroid dienone is 2.